The third-order valence-corrected chi connectivity index (χ3v) is 9.71. The molecular weight excluding hydrogens is 664 g/mol. The number of carbonyl (C=O) groups excluding carboxylic acids is 2. The van der Waals surface area contributed by atoms with Gasteiger partial charge in [0.05, 0.1) is 6.61 Å². The molecule has 46 heavy (non-hydrogen) atoms. The highest BCUT2D eigenvalue weighted by Gasteiger charge is 2.55. The van der Waals surface area contributed by atoms with Gasteiger partial charge in [-0.05, 0) is 26.1 Å². The van der Waals surface area contributed by atoms with Gasteiger partial charge in [0.25, 0.3) is 11.8 Å². The predicted molar refractivity (Wildman–Crippen MR) is 168 cm³/mol. The van der Waals surface area contributed by atoms with Gasteiger partial charge in [0.15, 0.2) is 23.6 Å². The summed E-state index contributed by atoms with van der Waals surface area (Å²) >= 11 is 8.26. The summed E-state index contributed by atoms with van der Waals surface area (Å²) in [5, 5.41) is 37.1. The molecule has 5 heterocycles. The van der Waals surface area contributed by atoms with E-state index in [4.69, 9.17) is 27.3 Å². The Kier molecular flexibility index (Phi) is 10.1. The fourth-order valence-corrected chi connectivity index (χ4v) is 7.39. The number of aliphatic hydroxyl groups excluding tert-OH is 1. The Morgan fingerprint density at radius 3 is 2.76 bits per heavy atom. The third-order valence-electron chi connectivity index (χ3n) is 7.29. The van der Waals surface area contributed by atoms with Gasteiger partial charge in [-0.25, -0.2) is 14.6 Å². The van der Waals surface area contributed by atoms with E-state index in [9.17, 15) is 29.4 Å². The highest BCUT2D eigenvalue weighted by Crippen LogP contribution is 2.40. The first kappa shape index (κ1) is 33.1. The molecule has 0 bridgehead atoms. The smallest absolute Gasteiger partial charge is 0.352 e. The maximum atomic E-state index is 13.4. The van der Waals surface area contributed by atoms with Crippen molar-refractivity contribution in [2.24, 2.45) is 5.16 Å². The lowest BCUT2D eigenvalue weighted by molar-refractivity contribution is -0.663. The van der Waals surface area contributed by atoms with Crippen LogP contribution >= 0.6 is 34.7 Å². The van der Waals surface area contributed by atoms with Crippen LogP contribution in [0.5, 0.6) is 0 Å². The third kappa shape index (κ3) is 6.52. The molecule has 2 unspecified atom stereocenters. The molecule has 0 aliphatic carbocycles. The van der Waals surface area contributed by atoms with Gasteiger partial charge in [-0.3, -0.25) is 14.5 Å². The van der Waals surface area contributed by atoms with Crippen molar-refractivity contribution in [3.05, 3.63) is 51.9 Å². The Morgan fingerprint density at radius 2 is 2.11 bits per heavy atom. The first-order valence-corrected chi connectivity index (χ1v) is 16.1. The molecule has 16 nitrogen and oxygen atoms in total. The van der Waals surface area contributed by atoms with Crippen molar-refractivity contribution in [3.63, 3.8) is 0 Å². The summed E-state index contributed by atoms with van der Waals surface area (Å²) in [6.07, 6.45) is 2.99. The van der Waals surface area contributed by atoms with Gasteiger partial charge in [0.1, 0.15) is 32.7 Å². The zero-order valence-electron chi connectivity index (χ0n) is 24.3. The van der Waals surface area contributed by atoms with E-state index in [1.54, 1.807) is 0 Å². The SMILES string of the molecule is CNCCCn1ccc2c1ccc[n+]2CC1=C(C(=O)O)N2C(=O)C(NC(=O)/C(=N\O[C@H](CO)C(=O)O)c3nc(N)sc3Cl)C2SC1. The molecule has 2 amide bonds. The number of carbonyl (C=O) groups is 4. The van der Waals surface area contributed by atoms with E-state index >= 15 is 0 Å². The Bertz CT molecular complexity index is 1760. The summed E-state index contributed by atoms with van der Waals surface area (Å²) in [5.74, 6) is -4.22. The number of hydrogen-bond donors (Lipinski definition) is 6. The number of carboxylic acids is 2. The average molecular weight is 694 g/mol. The minimum Gasteiger partial charge on any atom is -0.478 e. The van der Waals surface area contributed by atoms with E-state index in [0.717, 1.165) is 46.8 Å². The lowest BCUT2D eigenvalue weighted by Crippen LogP contribution is -2.71. The Balaban J connectivity index is 1.37. The summed E-state index contributed by atoms with van der Waals surface area (Å²) < 4.78 is 4.02. The largest absolute Gasteiger partial charge is 0.478 e. The number of rotatable bonds is 14. The second-order valence-corrected chi connectivity index (χ2v) is 13.0. The highest BCUT2D eigenvalue weighted by molar-refractivity contribution is 8.00. The van der Waals surface area contributed by atoms with E-state index < -0.39 is 53.6 Å². The minimum absolute atomic E-state index is 0.0196. The van der Waals surface area contributed by atoms with E-state index in [-0.39, 0.29) is 33.2 Å². The van der Waals surface area contributed by atoms with Gasteiger partial charge in [0, 0.05) is 36.2 Å². The van der Waals surface area contributed by atoms with E-state index in [2.05, 4.69) is 25.3 Å². The van der Waals surface area contributed by atoms with Crippen molar-refractivity contribution in [2.75, 3.05) is 31.7 Å². The fraction of sp³-hybridized carbons (Fsp3) is 0.370. The molecule has 3 aromatic heterocycles. The van der Waals surface area contributed by atoms with Crippen molar-refractivity contribution in [1.82, 2.24) is 25.1 Å². The molecule has 1 saturated heterocycles. The van der Waals surface area contributed by atoms with Crippen LogP contribution in [0.25, 0.3) is 11.0 Å². The monoisotopic (exact) mass is 693 g/mol. The predicted octanol–water partition coefficient (Wildman–Crippen LogP) is -0.165. The minimum atomic E-state index is -1.80. The maximum Gasteiger partial charge on any atom is 0.352 e. The lowest BCUT2D eigenvalue weighted by atomic mass is 10.0. The summed E-state index contributed by atoms with van der Waals surface area (Å²) in [6, 6.07) is 4.71. The van der Waals surface area contributed by atoms with Crippen molar-refractivity contribution < 1.29 is 43.9 Å². The van der Waals surface area contributed by atoms with Crippen molar-refractivity contribution in [3.8, 4) is 0 Å². The van der Waals surface area contributed by atoms with Crippen LogP contribution in [-0.2, 0) is 37.1 Å². The van der Waals surface area contributed by atoms with Crippen LogP contribution in [0.4, 0.5) is 5.13 Å². The van der Waals surface area contributed by atoms with Crippen molar-refractivity contribution >= 4 is 80.3 Å². The number of nitrogen functional groups attached to an aromatic ring is 1. The highest BCUT2D eigenvalue weighted by atomic mass is 35.5. The van der Waals surface area contributed by atoms with Crippen LogP contribution in [0.15, 0.2) is 47.0 Å². The molecular formula is C27H30ClN8O8S2+. The molecule has 2 aliphatic heterocycles. The van der Waals surface area contributed by atoms with Gasteiger partial charge < -0.3 is 41.1 Å². The zero-order valence-corrected chi connectivity index (χ0v) is 26.6. The molecule has 3 aromatic rings. The molecule has 1 fully saturated rings. The Labute approximate surface area is 274 Å². The Morgan fingerprint density at radius 1 is 1.33 bits per heavy atom. The molecule has 7 N–H and O–H groups in total. The second kappa shape index (κ2) is 14.0. The fourth-order valence-electron chi connectivity index (χ4n) is 5.12. The summed E-state index contributed by atoms with van der Waals surface area (Å²) in [5.41, 5.74) is 7.17. The number of nitrogens with one attached hydrogen (secondary N) is 2. The number of β-lactam (4-membered cyclic amide) rings is 1. The van der Waals surface area contributed by atoms with Gasteiger partial charge in [-0.1, -0.05) is 28.1 Å². The Hall–Kier alpha value is -4.23. The van der Waals surface area contributed by atoms with Gasteiger partial charge in [0.2, 0.25) is 11.6 Å². The van der Waals surface area contributed by atoms with Crippen LogP contribution in [0, 0.1) is 0 Å². The quantitative estimate of drug-likeness (QED) is 0.0426. The normalized spacial score (nSPS) is 18.7. The van der Waals surface area contributed by atoms with E-state index in [1.807, 2.05) is 42.2 Å². The first-order chi connectivity index (χ1) is 22.0. The molecule has 5 rings (SSSR count). The van der Waals surface area contributed by atoms with Crippen LogP contribution in [0.3, 0.4) is 0 Å². The topological polar surface area (TPSA) is 226 Å². The van der Waals surface area contributed by atoms with Gasteiger partial charge >= 0.3 is 11.9 Å². The standard InChI is InChI=1S/C27H29ClN8O8S2/c1-30-6-3-8-34-9-5-15-14(34)4-2-7-35(15)10-13-12-45-24-19(23(39)36(24)20(13)26(42)43)31-22(38)18(17-21(28)46-27(29)32-17)33-44-16(11-37)25(40)41/h2,4-5,7,9,16,19,24,30,37H,3,6,8,10-12H2,1H3,(H4-,29,31,32,38,40,41,42,43)/p+1/b33-18-/t16-,19?,24?/m1/s1. The number of thioether (sulfide) groups is 1. The number of nitrogens with two attached hydrogens (primary N) is 1. The molecule has 3 atom stereocenters. The van der Waals surface area contributed by atoms with Gasteiger partial charge in [-0.15, -0.1) is 11.8 Å². The van der Waals surface area contributed by atoms with E-state index in [0.29, 0.717) is 5.57 Å². The number of hydrogen-bond acceptors (Lipinski definition) is 12. The number of thiazole rings is 1. The van der Waals surface area contributed by atoms with Crippen LogP contribution < -0.4 is 20.9 Å². The average Bonchev–Trinajstić information content (AvgIpc) is 3.59. The summed E-state index contributed by atoms with van der Waals surface area (Å²) in [6.45, 7) is 0.965. The molecule has 0 aromatic carbocycles. The van der Waals surface area contributed by atoms with Crippen molar-refractivity contribution in [2.45, 2.75) is 37.0 Å². The van der Waals surface area contributed by atoms with E-state index in [1.165, 1.54) is 11.8 Å². The zero-order chi connectivity index (χ0) is 33.1. The van der Waals surface area contributed by atoms with Crippen LogP contribution in [-0.4, -0.2) is 103 Å². The number of amides is 2. The number of pyridine rings is 1. The number of aliphatic carboxylic acids is 2. The lowest BCUT2D eigenvalue weighted by Gasteiger charge is -2.49. The molecule has 0 saturated carbocycles. The number of nitrogens with zero attached hydrogens (tertiary/aromatic N) is 5. The number of oxime groups is 1. The number of aryl methyl sites for hydroxylation is 1. The first-order valence-electron chi connectivity index (χ1n) is 13.9. The number of halogens is 1. The maximum absolute atomic E-state index is 13.4. The summed E-state index contributed by atoms with van der Waals surface area (Å²) in [7, 11) is 1.90. The van der Waals surface area contributed by atoms with Crippen molar-refractivity contribution in [1.29, 1.82) is 0 Å². The molecule has 2 aliphatic rings. The molecule has 244 valence electrons. The number of aliphatic hydroxyl groups is 1. The summed E-state index contributed by atoms with van der Waals surface area (Å²) in [4.78, 5) is 60.4. The van der Waals surface area contributed by atoms with Gasteiger partial charge in [-0.2, -0.15) is 4.57 Å². The number of aromatic nitrogens is 3. The molecule has 0 spiro atoms. The molecule has 19 heteroatoms. The van der Waals surface area contributed by atoms with Crippen LogP contribution in [0.1, 0.15) is 12.1 Å². The second-order valence-electron chi connectivity index (χ2n) is 10.2. The number of carboxylic acid groups (broad SMARTS) is 2. The molecule has 0 radical (unpaired) electrons. The number of fused-ring (bicyclic) bond motifs is 2. The van der Waals surface area contributed by atoms with Crippen LogP contribution in [0.2, 0.25) is 4.34 Å². The number of anilines is 1.